The summed E-state index contributed by atoms with van der Waals surface area (Å²) in [5, 5.41) is 4.37. The minimum atomic E-state index is 0. The van der Waals surface area contributed by atoms with E-state index in [4.69, 9.17) is 0 Å². The Kier molecular flexibility index (Phi) is 10.1. The summed E-state index contributed by atoms with van der Waals surface area (Å²) in [4.78, 5) is 25.2. The molecule has 0 radical (unpaired) electrons. The van der Waals surface area contributed by atoms with Gasteiger partial charge in [-0.15, -0.1) is 0 Å². The van der Waals surface area contributed by atoms with Crippen LogP contribution in [0.2, 0.25) is 0 Å². The lowest BCUT2D eigenvalue weighted by Crippen LogP contribution is -2.31. The molecule has 11 nitrogen and oxygen atoms in total. The molecule has 0 saturated heterocycles. The van der Waals surface area contributed by atoms with Gasteiger partial charge in [-0.25, -0.2) is 24.5 Å². The second-order valence-electron chi connectivity index (χ2n) is 12.6. The molecule has 3 aliphatic heterocycles. The van der Waals surface area contributed by atoms with Crippen LogP contribution in [0.4, 0.5) is 0 Å². The fraction of sp³-hybridized carbons (Fsp3) is 0.472. The molecule has 3 aliphatic rings. The van der Waals surface area contributed by atoms with Crippen molar-refractivity contribution in [1.82, 2.24) is 53.1 Å². The Morgan fingerprint density at radius 2 is 1.11 bits per heavy atom. The third-order valence-corrected chi connectivity index (χ3v) is 9.94. The van der Waals surface area contributed by atoms with Gasteiger partial charge in [0.2, 0.25) is 5.78 Å². The molecular formula is C36H51N11. The van der Waals surface area contributed by atoms with Crippen molar-refractivity contribution in [2.75, 3.05) is 40.8 Å². The van der Waals surface area contributed by atoms with E-state index in [0.29, 0.717) is 18.1 Å². The lowest BCUT2D eigenvalue weighted by molar-refractivity contribution is 0.239. The van der Waals surface area contributed by atoms with E-state index < -0.39 is 0 Å². The van der Waals surface area contributed by atoms with Gasteiger partial charge in [-0.2, -0.15) is 5.10 Å². The van der Waals surface area contributed by atoms with Crippen molar-refractivity contribution in [2.45, 2.75) is 73.0 Å². The Morgan fingerprint density at radius 3 is 1.79 bits per heavy atom. The first-order valence-electron chi connectivity index (χ1n) is 16.0. The number of pyridine rings is 1. The maximum atomic E-state index is 4.67. The maximum Gasteiger partial charge on any atom is 0.234 e. The highest BCUT2D eigenvalue weighted by Crippen LogP contribution is 2.30. The Hall–Kier alpha value is -4.19. The first kappa shape index (κ1) is 34.2. The van der Waals surface area contributed by atoms with Crippen LogP contribution in [0.1, 0.15) is 87.9 Å². The zero-order valence-electron chi connectivity index (χ0n) is 27.2. The first-order chi connectivity index (χ1) is 21.8. The number of aromatic nitrogens is 8. The molecule has 9 heterocycles. The third-order valence-electron chi connectivity index (χ3n) is 9.94. The van der Waals surface area contributed by atoms with Gasteiger partial charge in [0.25, 0.3) is 0 Å². The van der Waals surface area contributed by atoms with Gasteiger partial charge < -0.3 is 4.40 Å². The van der Waals surface area contributed by atoms with Crippen LogP contribution in [-0.2, 0) is 19.3 Å². The van der Waals surface area contributed by atoms with E-state index in [1.54, 1.807) is 6.20 Å². The molecule has 0 spiro atoms. The standard InChI is InChI=1S/C12H15N3.2C11H14N4.2CH4/c1-9-12-10(6-8-14(9)2)13-11-5-3-4-7-15(11)12;1-8-10-9(4-7-14(8)2)13-11-12-5-3-6-15(10)11;1-8-11-9(5-7-14(8)2)13-10-4-3-6-12-15(10)11;;/h3-5,7,9H,6,8H2,1-2H3;3,5-6,8H,4,7H2,1-2H3;3-4,6,8H,5,7H2,1-2H3;2*1H4/t9-;2*8-;;/m000../s1. The van der Waals surface area contributed by atoms with Crippen molar-refractivity contribution in [1.29, 1.82) is 0 Å². The zero-order chi connectivity index (χ0) is 31.2. The highest BCUT2D eigenvalue weighted by Gasteiger charge is 2.28. The van der Waals surface area contributed by atoms with Crippen molar-refractivity contribution >= 4 is 17.1 Å². The van der Waals surface area contributed by atoms with Crippen LogP contribution in [0.5, 0.6) is 0 Å². The minimum absolute atomic E-state index is 0. The molecular weight excluding hydrogens is 586 g/mol. The summed E-state index contributed by atoms with van der Waals surface area (Å²) in [6.45, 7) is 9.95. The second-order valence-corrected chi connectivity index (χ2v) is 12.6. The molecule has 0 fully saturated rings. The molecule has 47 heavy (non-hydrogen) atoms. The second kappa shape index (κ2) is 13.9. The molecule has 0 amide bonds. The number of likely N-dealkylation sites (N-methyl/N-ethyl adjacent to an activating group) is 3. The highest BCUT2D eigenvalue weighted by molar-refractivity contribution is 5.45. The Morgan fingerprint density at radius 1 is 0.574 bits per heavy atom. The van der Waals surface area contributed by atoms with Gasteiger partial charge in [-0.3, -0.25) is 19.1 Å². The molecule has 11 heteroatoms. The van der Waals surface area contributed by atoms with Crippen LogP contribution in [0.25, 0.3) is 17.1 Å². The van der Waals surface area contributed by atoms with Crippen molar-refractivity contribution < 1.29 is 0 Å². The van der Waals surface area contributed by atoms with Gasteiger partial charge in [0, 0.05) is 75.8 Å². The quantitative estimate of drug-likeness (QED) is 0.209. The Bertz CT molecular complexity index is 1730. The van der Waals surface area contributed by atoms with Crippen molar-refractivity contribution in [3.63, 3.8) is 0 Å². The molecule has 0 saturated carbocycles. The normalized spacial score (nSPS) is 20.9. The number of hydrogen-bond donors (Lipinski definition) is 0. The van der Waals surface area contributed by atoms with Crippen LogP contribution in [0.15, 0.2) is 61.2 Å². The SMILES string of the molecule is C.C.C[C@H]1c2c(nc3ccccn23)CCN1C.C[C@H]1c2c(nc3cccnn23)CCN1C.C[C@H]1c2c(nc3ncccn23)CCN1C. The van der Waals surface area contributed by atoms with Crippen LogP contribution in [0, 0.1) is 0 Å². The molecule has 0 N–H and O–H groups in total. The van der Waals surface area contributed by atoms with Crippen molar-refractivity contribution in [3.05, 3.63) is 95.3 Å². The van der Waals surface area contributed by atoms with Crippen LogP contribution >= 0.6 is 0 Å². The number of fused-ring (bicyclic) bond motifs is 9. The van der Waals surface area contributed by atoms with Crippen LogP contribution in [-0.4, -0.2) is 93.8 Å². The first-order valence-corrected chi connectivity index (χ1v) is 16.0. The molecule has 250 valence electrons. The molecule has 3 atom stereocenters. The van der Waals surface area contributed by atoms with Gasteiger partial charge in [-0.05, 0) is 72.2 Å². The van der Waals surface area contributed by atoms with Crippen LogP contribution < -0.4 is 0 Å². The summed E-state index contributed by atoms with van der Waals surface area (Å²) in [5.74, 6) is 0.824. The minimum Gasteiger partial charge on any atom is -0.302 e. The smallest absolute Gasteiger partial charge is 0.234 e. The lowest BCUT2D eigenvalue weighted by Gasteiger charge is -2.29. The maximum absolute atomic E-state index is 4.67. The zero-order valence-corrected chi connectivity index (χ0v) is 27.2. The number of rotatable bonds is 0. The van der Waals surface area contributed by atoms with Gasteiger partial charge in [0.15, 0.2) is 5.65 Å². The van der Waals surface area contributed by atoms with E-state index in [1.807, 2.05) is 41.2 Å². The topological polar surface area (TPSA) is 87.4 Å². The molecule has 6 aromatic heterocycles. The summed E-state index contributed by atoms with van der Waals surface area (Å²) >= 11 is 0. The molecule has 0 aromatic carbocycles. The van der Waals surface area contributed by atoms with Crippen LogP contribution in [0.3, 0.4) is 0 Å². The van der Waals surface area contributed by atoms with Gasteiger partial charge in [0.1, 0.15) is 5.65 Å². The number of hydrogen-bond acceptors (Lipinski definition) is 8. The monoisotopic (exact) mass is 637 g/mol. The van der Waals surface area contributed by atoms with Gasteiger partial charge in [-0.1, -0.05) is 20.9 Å². The van der Waals surface area contributed by atoms with Crippen molar-refractivity contribution in [2.24, 2.45) is 0 Å². The number of imidazole rings is 3. The van der Waals surface area contributed by atoms with Gasteiger partial charge >= 0.3 is 0 Å². The van der Waals surface area contributed by atoms with Crippen molar-refractivity contribution in [3.8, 4) is 0 Å². The predicted molar refractivity (Wildman–Crippen MR) is 189 cm³/mol. The van der Waals surface area contributed by atoms with E-state index in [1.165, 1.54) is 34.2 Å². The highest BCUT2D eigenvalue weighted by atomic mass is 15.3. The van der Waals surface area contributed by atoms with E-state index in [-0.39, 0.29) is 14.9 Å². The van der Waals surface area contributed by atoms with Gasteiger partial charge in [0.05, 0.1) is 40.2 Å². The molecule has 6 aromatic rings. The fourth-order valence-electron chi connectivity index (χ4n) is 6.88. The average molecular weight is 638 g/mol. The summed E-state index contributed by atoms with van der Waals surface area (Å²) in [6.07, 6.45) is 10.9. The summed E-state index contributed by atoms with van der Waals surface area (Å²) in [5.41, 5.74) is 9.63. The summed E-state index contributed by atoms with van der Waals surface area (Å²) < 4.78 is 6.29. The van der Waals surface area contributed by atoms with E-state index >= 15 is 0 Å². The average Bonchev–Trinajstić information content (AvgIpc) is 3.75. The third kappa shape index (κ3) is 6.15. The van der Waals surface area contributed by atoms with E-state index in [9.17, 15) is 0 Å². The largest absolute Gasteiger partial charge is 0.302 e. The predicted octanol–water partition coefficient (Wildman–Crippen LogP) is 5.71. The fourth-order valence-corrected chi connectivity index (χ4v) is 6.88. The summed E-state index contributed by atoms with van der Waals surface area (Å²) in [7, 11) is 6.48. The molecule has 0 bridgehead atoms. The molecule has 9 rings (SSSR count). The Labute approximate surface area is 278 Å². The van der Waals surface area contributed by atoms with E-state index in [2.05, 4.69) is 109 Å². The Balaban J connectivity index is 0.000000135. The summed E-state index contributed by atoms with van der Waals surface area (Å²) in [6, 6.07) is 13.4. The molecule has 0 aliphatic carbocycles. The lowest BCUT2D eigenvalue weighted by atomic mass is 10.1. The molecule has 0 unspecified atom stereocenters. The van der Waals surface area contributed by atoms with E-state index in [0.717, 1.165) is 56.0 Å². The number of nitrogens with zero attached hydrogens (tertiary/aromatic N) is 11.